The lowest BCUT2D eigenvalue weighted by Gasteiger charge is -2.32. The van der Waals surface area contributed by atoms with Crippen molar-refractivity contribution in [1.29, 1.82) is 0 Å². The van der Waals surface area contributed by atoms with E-state index in [4.69, 9.17) is 4.74 Å². The first-order valence-electron chi connectivity index (χ1n) is 8.74. The van der Waals surface area contributed by atoms with Gasteiger partial charge < -0.3 is 15.4 Å². The molecule has 0 aromatic carbocycles. The quantitative estimate of drug-likeness (QED) is 0.803. The molecule has 5 nitrogen and oxygen atoms in total. The molecule has 3 atom stereocenters. The summed E-state index contributed by atoms with van der Waals surface area (Å²) < 4.78 is 5.41. The normalized spacial score (nSPS) is 29.5. The number of hydrogen-bond donors (Lipinski definition) is 2. The van der Waals surface area contributed by atoms with Gasteiger partial charge in [-0.25, -0.2) is 0 Å². The van der Waals surface area contributed by atoms with E-state index in [-0.39, 0.29) is 29.1 Å². The van der Waals surface area contributed by atoms with E-state index in [0.717, 1.165) is 25.9 Å². The molecular formula is C18H32N2O3. The molecular weight excluding hydrogens is 292 g/mol. The number of nitrogens with one attached hydrogen (secondary N) is 2. The minimum atomic E-state index is -0.398. The molecule has 0 aromatic rings. The molecule has 2 rings (SSSR count). The first-order chi connectivity index (χ1) is 10.6. The molecule has 0 spiro atoms. The fourth-order valence-corrected chi connectivity index (χ4v) is 3.71. The number of carbonyl (C=O) groups excluding carboxylic acids is 2. The number of ether oxygens (including phenoxy) is 1. The molecule has 2 N–H and O–H groups in total. The monoisotopic (exact) mass is 324 g/mol. The number of Topliss-reactive ketones (excluding diaryl/α,β-unsaturated/α-hetero) is 2. The molecule has 2 fully saturated rings. The van der Waals surface area contributed by atoms with E-state index in [1.807, 2.05) is 34.6 Å². The average molecular weight is 324 g/mol. The van der Waals surface area contributed by atoms with Crippen molar-refractivity contribution in [3.8, 4) is 0 Å². The molecule has 0 bridgehead atoms. The molecule has 0 aliphatic carbocycles. The van der Waals surface area contributed by atoms with E-state index in [2.05, 4.69) is 10.6 Å². The number of hydrogen-bond acceptors (Lipinski definition) is 5. The third-order valence-corrected chi connectivity index (χ3v) is 4.98. The van der Waals surface area contributed by atoms with E-state index in [1.165, 1.54) is 0 Å². The van der Waals surface area contributed by atoms with Gasteiger partial charge >= 0.3 is 0 Å². The van der Waals surface area contributed by atoms with Crippen LogP contribution in [0.1, 0.15) is 47.5 Å². The summed E-state index contributed by atoms with van der Waals surface area (Å²) >= 11 is 0. The van der Waals surface area contributed by atoms with Gasteiger partial charge in [-0.1, -0.05) is 34.6 Å². The van der Waals surface area contributed by atoms with E-state index >= 15 is 0 Å². The van der Waals surface area contributed by atoms with Gasteiger partial charge in [0.15, 0.2) is 11.6 Å². The lowest BCUT2D eigenvalue weighted by Crippen LogP contribution is -2.51. The van der Waals surface area contributed by atoms with Gasteiger partial charge in [0.2, 0.25) is 0 Å². The largest absolute Gasteiger partial charge is 0.378 e. The van der Waals surface area contributed by atoms with Crippen LogP contribution in [0.4, 0.5) is 0 Å². The highest BCUT2D eigenvalue weighted by Gasteiger charge is 2.40. The zero-order valence-electron chi connectivity index (χ0n) is 15.2. The lowest BCUT2D eigenvalue weighted by molar-refractivity contribution is -0.133. The number of carbonyl (C=O) groups is 2. The predicted octanol–water partition coefficient (Wildman–Crippen LogP) is 1.55. The van der Waals surface area contributed by atoms with Crippen LogP contribution in [0, 0.1) is 16.7 Å². The van der Waals surface area contributed by atoms with Crippen molar-refractivity contribution in [3.63, 3.8) is 0 Å². The molecule has 132 valence electrons. The topological polar surface area (TPSA) is 67.4 Å². The molecule has 5 heteroatoms. The van der Waals surface area contributed by atoms with Crippen molar-refractivity contribution in [1.82, 2.24) is 10.6 Å². The Hall–Kier alpha value is -0.780. The van der Waals surface area contributed by atoms with E-state index in [0.29, 0.717) is 19.1 Å². The standard InChI is InChI=1S/C18H32N2O3/c1-17(2,3)15(21)13-8-12(10-20-13)9-18(4,5)16(22)14-11-23-7-6-19-14/h12-14,19-20H,6-11H2,1-5H3/t12?,13-,14+/m0/s1. The second-order valence-corrected chi connectivity index (χ2v) is 8.71. The molecule has 0 saturated carbocycles. The zero-order chi connectivity index (χ0) is 17.3. The van der Waals surface area contributed by atoms with Crippen LogP contribution in [0.5, 0.6) is 0 Å². The van der Waals surface area contributed by atoms with Crippen molar-refractivity contribution in [2.75, 3.05) is 26.3 Å². The Morgan fingerprint density at radius 1 is 1.04 bits per heavy atom. The first-order valence-corrected chi connectivity index (χ1v) is 8.74. The minimum absolute atomic E-state index is 0.0676. The van der Waals surface area contributed by atoms with Gasteiger partial charge in [0.1, 0.15) is 0 Å². The van der Waals surface area contributed by atoms with Crippen LogP contribution in [0.25, 0.3) is 0 Å². The summed E-state index contributed by atoms with van der Waals surface area (Å²) in [5, 5.41) is 6.61. The highest BCUT2D eigenvalue weighted by Crippen LogP contribution is 2.33. The highest BCUT2D eigenvalue weighted by atomic mass is 16.5. The van der Waals surface area contributed by atoms with Crippen LogP contribution >= 0.6 is 0 Å². The van der Waals surface area contributed by atoms with Gasteiger partial charge in [-0.3, -0.25) is 9.59 Å². The molecule has 23 heavy (non-hydrogen) atoms. The minimum Gasteiger partial charge on any atom is -0.378 e. The van der Waals surface area contributed by atoms with Crippen molar-refractivity contribution in [3.05, 3.63) is 0 Å². The smallest absolute Gasteiger partial charge is 0.157 e. The van der Waals surface area contributed by atoms with Gasteiger partial charge in [-0.05, 0) is 25.3 Å². The second kappa shape index (κ2) is 6.99. The number of ketones is 2. The number of morpholine rings is 1. The Morgan fingerprint density at radius 3 is 2.30 bits per heavy atom. The third-order valence-electron chi connectivity index (χ3n) is 4.98. The molecule has 2 saturated heterocycles. The number of rotatable bonds is 5. The van der Waals surface area contributed by atoms with Crippen molar-refractivity contribution in [2.24, 2.45) is 16.7 Å². The van der Waals surface area contributed by atoms with Gasteiger partial charge in [0.05, 0.1) is 25.3 Å². The van der Waals surface area contributed by atoms with Gasteiger partial charge in [-0.15, -0.1) is 0 Å². The molecule has 2 aliphatic heterocycles. The molecule has 1 unspecified atom stereocenters. The fourth-order valence-electron chi connectivity index (χ4n) is 3.71. The van der Waals surface area contributed by atoms with E-state index in [9.17, 15) is 9.59 Å². The maximum Gasteiger partial charge on any atom is 0.157 e. The summed E-state index contributed by atoms with van der Waals surface area (Å²) in [7, 11) is 0. The van der Waals surface area contributed by atoms with E-state index < -0.39 is 5.41 Å². The third kappa shape index (κ3) is 4.61. The molecule has 0 aromatic heterocycles. The Morgan fingerprint density at radius 2 is 1.74 bits per heavy atom. The summed E-state index contributed by atoms with van der Waals surface area (Å²) in [6.45, 7) is 12.6. The molecule has 0 radical (unpaired) electrons. The maximum atomic E-state index is 12.8. The molecule has 0 amide bonds. The molecule has 2 heterocycles. The fraction of sp³-hybridized carbons (Fsp3) is 0.889. The van der Waals surface area contributed by atoms with Gasteiger partial charge in [0.25, 0.3) is 0 Å². The van der Waals surface area contributed by atoms with Crippen LogP contribution in [-0.2, 0) is 14.3 Å². The zero-order valence-corrected chi connectivity index (χ0v) is 15.2. The summed E-state index contributed by atoms with van der Waals surface area (Å²) in [6.07, 6.45) is 1.65. The summed E-state index contributed by atoms with van der Waals surface area (Å²) in [6, 6.07) is -0.262. The second-order valence-electron chi connectivity index (χ2n) is 8.71. The molecule has 2 aliphatic rings. The van der Waals surface area contributed by atoms with Gasteiger partial charge in [0, 0.05) is 17.4 Å². The van der Waals surface area contributed by atoms with Crippen molar-refractivity contribution >= 4 is 11.6 Å². The van der Waals surface area contributed by atoms with Crippen molar-refractivity contribution in [2.45, 2.75) is 59.5 Å². The van der Waals surface area contributed by atoms with E-state index in [1.54, 1.807) is 0 Å². The Balaban J connectivity index is 1.91. The maximum absolute atomic E-state index is 12.8. The Bertz CT molecular complexity index is 448. The van der Waals surface area contributed by atoms with Crippen LogP contribution in [0.15, 0.2) is 0 Å². The highest BCUT2D eigenvalue weighted by molar-refractivity contribution is 5.90. The Labute approximate surface area is 139 Å². The summed E-state index contributed by atoms with van der Waals surface area (Å²) in [5.41, 5.74) is -0.717. The lowest BCUT2D eigenvalue weighted by atomic mass is 9.75. The summed E-state index contributed by atoms with van der Waals surface area (Å²) in [4.78, 5) is 25.2. The van der Waals surface area contributed by atoms with Crippen molar-refractivity contribution < 1.29 is 14.3 Å². The SMILES string of the molecule is CC(C)(C)C(=O)[C@@H]1CC(CC(C)(C)C(=O)[C@H]2COCCN2)CN1. The van der Waals surface area contributed by atoms with Crippen LogP contribution in [-0.4, -0.2) is 50.0 Å². The van der Waals surface area contributed by atoms with Gasteiger partial charge in [-0.2, -0.15) is 0 Å². The average Bonchev–Trinajstić information content (AvgIpc) is 2.93. The van der Waals surface area contributed by atoms with Crippen LogP contribution < -0.4 is 10.6 Å². The first kappa shape index (κ1) is 18.6. The van der Waals surface area contributed by atoms with Crippen LogP contribution in [0.2, 0.25) is 0 Å². The predicted molar refractivity (Wildman–Crippen MR) is 90.4 cm³/mol. The van der Waals surface area contributed by atoms with Crippen LogP contribution in [0.3, 0.4) is 0 Å². The summed E-state index contributed by atoms with van der Waals surface area (Å²) in [5.74, 6) is 0.865. The Kier molecular flexibility index (Phi) is 5.64.